The number of rotatable bonds is 3. The van der Waals surface area contributed by atoms with E-state index in [-0.39, 0.29) is 0 Å². The number of tetrazole rings is 1. The number of aromatic nitrogens is 4. The standard InChI is InChI=1S/C12H16N8S/c1-20(2)8-5-3-7(4-6-8)12(10-16-18-19-17-10)9(13)15-11(14)21-12/h3-6,11H,14H2,1-2H3,(H2,13,15)(H,16,17,18,19). The lowest BCUT2D eigenvalue weighted by Gasteiger charge is -2.26. The molecule has 9 heteroatoms. The van der Waals surface area contributed by atoms with Crippen LogP contribution in [0.3, 0.4) is 0 Å². The largest absolute Gasteiger partial charge is 0.386 e. The maximum atomic E-state index is 6.14. The van der Waals surface area contributed by atoms with E-state index in [0.717, 1.165) is 11.3 Å². The van der Waals surface area contributed by atoms with Crippen molar-refractivity contribution >= 4 is 23.3 Å². The number of H-pyrrole nitrogens is 1. The van der Waals surface area contributed by atoms with Gasteiger partial charge in [0.15, 0.2) is 4.75 Å². The Morgan fingerprint density at radius 3 is 2.48 bits per heavy atom. The van der Waals surface area contributed by atoms with Gasteiger partial charge in [0.25, 0.3) is 0 Å². The summed E-state index contributed by atoms with van der Waals surface area (Å²) in [7, 11) is 3.97. The highest BCUT2D eigenvalue weighted by Crippen LogP contribution is 2.46. The van der Waals surface area contributed by atoms with Crippen molar-refractivity contribution in [3.8, 4) is 0 Å². The molecule has 110 valence electrons. The summed E-state index contributed by atoms with van der Waals surface area (Å²) < 4.78 is -0.794. The van der Waals surface area contributed by atoms with E-state index in [1.165, 1.54) is 11.8 Å². The molecule has 0 saturated heterocycles. The third kappa shape index (κ3) is 2.14. The minimum absolute atomic E-state index is 0.388. The van der Waals surface area contributed by atoms with Gasteiger partial charge in [-0.1, -0.05) is 29.1 Å². The van der Waals surface area contributed by atoms with E-state index in [1.807, 2.05) is 43.3 Å². The number of aliphatic imine (C=N–C) groups is 1. The van der Waals surface area contributed by atoms with Crippen LogP contribution in [-0.4, -0.2) is 46.1 Å². The first-order valence-electron chi connectivity index (χ1n) is 6.33. The Bertz CT molecular complexity index is 650. The first kappa shape index (κ1) is 13.8. The van der Waals surface area contributed by atoms with Gasteiger partial charge in [-0.15, -0.1) is 10.2 Å². The highest BCUT2D eigenvalue weighted by atomic mass is 32.2. The fourth-order valence-electron chi connectivity index (χ4n) is 2.31. The number of amidine groups is 1. The second-order valence-electron chi connectivity index (χ2n) is 4.88. The molecule has 5 N–H and O–H groups in total. The van der Waals surface area contributed by atoms with Crippen LogP contribution in [0, 0.1) is 0 Å². The summed E-state index contributed by atoms with van der Waals surface area (Å²) in [6, 6.07) is 7.99. The summed E-state index contributed by atoms with van der Waals surface area (Å²) in [5.41, 5.74) is 13.6. The smallest absolute Gasteiger partial charge is 0.202 e. The first-order chi connectivity index (χ1) is 10.0. The Kier molecular flexibility index (Phi) is 3.30. The fourth-order valence-corrected chi connectivity index (χ4v) is 3.48. The highest BCUT2D eigenvalue weighted by Gasteiger charge is 2.48. The molecular weight excluding hydrogens is 288 g/mol. The number of thioether (sulfide) groups is 1. The van der Waals surface area contributed by atoms with Crippen LogP contribution in [0.1, 0.15) is 11.4 Å². The Balaban J connectivity index is 2.11. The summed E-state index contributed by atoms with van der Waals surface area (Å²) in [6.07, 6.45) is 0. The minimum Gasteiger partial charge on any atom is -0.386 e. The van der Waals surface area contributed by atoms with Crippen LogP contribution >= 0.6 is 11.8 Å². The van der Waals surface area contributed by atoms with E-state index in [9.17, 15) is 0 Å². The molecule has 1 aromatic heterocycles. The van der Waals surface area contributed by atoms with Crippen LogP contribution in [0.25, 0.3) is 0 Å². The van der Waals surface area contributed by atoms with Gasteiger partial charge in [0.1, 0.15) is 11.3 Å². The fraction of sp³-hybridized carbons (Fsp3) is 0.333. The number of hydrogen-bond donors (Lipinski definition) is 3. The number of nitrogens with one attached hydrogen (secondary N) is 1. The molecule has 2 aromatic rings. The van der Waals surface area contributed by atoms with E-state index in [0.29, 0.717) is 11.7 Å². The van der Waals surface area contributed by atoms with E-state index in [4.69, 9.17) is 11.5 Å². The molecule has 3 rings (SSSR count). The summed E-state index contributed by atoms with van der Waals surface area (Å²) in [4.78, 5) is 6.26. The van der Waals surface area contributed by atoms with Crippen LogP contribution in [0.2, 0.25) is 0 Å². The summed E-state index contributed by atoms with van der Waals surface area (Å²) in [6.45, 7) is 0. The molecule has 0 fully saturated rings. The molecule has 0 bridgehead atoms. The number of nitrogens with zero attached hydrogens (tertiary/aromatic N) is 5. The lowest BCUT2D eigenvalue weighted by Crippen LogP contribution is -2.38. The van der Waals surface area contributed by atoms with Crippen molar-refractivity contribution in [3.63, 3.8) is 0 Å². The molecule has 1 aromatic carbocycles. The first-order valence-corrected chi connectivity index (χ1v) is 7.21. The number of hydrogen-bond acceptors (Lipinski definition) is 8. The molecule has 0 amide bonds. The molecular formula is C12H16N8S. The van der Waals surface area contributed by atoms with Crippen molar-refractivity contribution in [1.82, 2.24) is 20.6 Å². The van der Waals surface area contributed by atoms with Gasteiger partial charge < -0.3 is 16.4 Å². The van der Waals surface area contributed by atoms with Crippen LogP contribution in [0.15, 0.2) is 29.3 Å². The maximum Gasteiger partial charge on any atom is 0.202 e. The molecule has 0 radical (unpaired) electrons. The Morgan fingerprint density at radius 1 is 1.29 bits per heavy atom. The molecule has 21 heavy (non-hydrogen) atoms. The quantitative estimate of drug-likeness (QED) is 0.721. The number of benzene rings is 1. The highest BCUT2D eigenvalue weighted by molar-refractivity contribution is 8.02. The van der Waals surface area contributed by atoms with Crippen molar-refractivity contribution in [1.29, 1.82) is 0 Å². The number of aromatic amines is 1. The molecule has 0 aliphatic carbocycles. The van der Waals surface area contributed by atoms with Crippen molar-refractivity contribution in [2.75, 3.05) is 19.0 Å². The van der Waals surface area contributed by atoms with Gasteiger partial charge in [-0.25, -0.2) is 4.99 Å². The van der Waals surface area contributed by atoms with Crippen LogP contribution in [0.5, 0.6) is 0 Å². The lowest BCUT2D eigenvalue weighted by atomic mass is 9.95. The summed E-state index contributed by atoms with van der Waals surface area (Å²) in [5, 5.41) is 14.3. The molecule has 0 saturated carbocycles. The topological polar surface area (TPSA) is 122 Å². The van der Waals surface area contributed by atoms with Gasteiger partial charge >= 0.3 is 0 Å². The molecule has 2 atom stereocenters. The Morgan fingerprint density at radius 2 is 2.00 bits per heavy atom. The zero-order chi connectivity index (χ0) is 15.0. The van der Waals surface area contributed by atoms with Gasteiger partial charge in [0, 0.05) is 19.8 Å². The van der Waals surface area contributed by atoms with Crippen molar-refractivity contribution < 1.29 is 0 Å². The SMILES string of the molecule is CN(C)c1ccc(C2(c3nn[nH]n3)SC(N)N=C2N)cc1. The van der Waals surface area contributed by atoms with Crippen molar-refractivity contribution in [2.24, 2.45) is 16.5 Å². The molecule has 1 aliphatic heterocycles. The summed E-state index contributed by atoms with van der Waals surface area (Å²) in [5.74, 6) is 0.846. The van der Waals surface area contributed by atoms with E-state index < -0.39 is 10.2 Å². The second-order valence-corrected chi connectivity index (χ2v) is 6.21. The monoisotopic (exact) mass is 304 g/mol. The van der Waals surface area contributed by atoms with Crippen LogP contribution in [0.4, 0.5) is 5.69 Å². The predicted molar refractivity (Wildman–Crippen MR) is 82.9 cm³/mol. The van der Waals surface area contributed by atoms with Crippen LogP contribution in [-0.2, 0) is 4.75 Å². The molecule has 2 unspecified atom stereocenters. The zero-order valence-electron chi connectivity index (χ0n) is 11.7. The molecule has 0 spiro atoms. The Hall–Kier alpha value is -2.13. The van der Waals surface area contributed by atoms with Gasteiger partial charge in [0.2, 0.25) is 5.82 Å². The van der Waals surface area contributed by atoms with Crippen molar-refractivity contribution in [3.05, 3.63) is 35.7 Å². The maximum absolute atomic E-state index is 6.14. The predicted octanol–water partition coefficient (Wildman–Crippen LogP) is -0.144. The zero-order valence-corrected chi connectivity index (χ0v) is 12.5. The van der Waals surface area contributed by atoms with Gasteiger partial charge in [-0.2, -0.15) is 5.21 Å². The Labute approximate surface area is 126 Å². The van der Waals surface area contributed by atoms with Crippen molar-refractivity contribution in [2.45, 2.75) is 10.2 Å². The normalized spacial score (nSPS) is 24.9. The minimum atomic E-state index is -0.794. The van der Waals surface area contributed by atoms with Gasteiger partial charge in [-0.05, 0) is 17.7 Å². The average molecular weight is 304 g/mol. The lowest BCUT2D eigenvalue weighted by molar-refractivity contribution is 0.867. The van der Waals surface area contributed by atoms with E-state index in [2.05, 4.69) is 25.6 Å². The number of nitrogens with two attached hydrogens (primary N) is 2. The average Bonchev–Trinajstić information content (AvgIpc) is 3.07. The van der Waals surface area contributed by atoms with Crippen LogP contribution < -0.4 is 16.4 Å². The third-order valence-electron chi connectivity index (χ3n) is 3.38. The number of anilines is 1. The second kappa shape index (κ2) is 5.01. The summed E-state index contributed by atoms with van der Waals surface area (Å²) >= 11 is 1.40. The van der Waals surface area contributed by atoms with Gasteiger partial charge in [-0.3, -0.25) is 0 Å². The van der Waals surface area contributed by atoms with E-state index in [1.54, 1.807) is 0 Å². The van der Waals surface area contributed by atoms with E-state index >= 15 is 0 Å². The molecule has 1 aliphatic rings. The molecule has 8 nitrogen and oxygen atoms in total. The third-order valence-corrected chi connectivity index (χ3v) is 4.70. The molecule has 2 heterocycles. The van der Waals surface area contributed by atoms with Gasteiger partial charge in [0.05, 0.1) is 0 Å².